The third-order valence-corrected chi connectivity index (χ3v) is 8.63. The molecule has 51 heavy (non-hydrogen) atoms. The van der Waals surface area contributed by atoms with Gasteiger partial charge in [-0.1, -0.05) is 93.6 Å². The SMILES string of the molecule is CCOC(=O)C(CCn1cnc(NC(=O)[C@@](N)(CCCc2ccccc2)NC(=O)C(C)(C)NC(=O)CC(C)(C)C)c1)c1ccc2ccccc2c1. The zero-order valence-electron chi connectivity index (χ0n) is 30.6. The van der Waals surface area contributed by atoms with Crippen molar-refractivity contribution < 1.29 is 23.9 Å². The average Bonchev–Trinajstić information content (AvgIpc) is 3.51. The summed E-state index contributed by atoms with van der Waals surface area (Å²) in [6, 6.07) is 23.7. The summed E-state index contributed by atoms with van der Waals surface area (Å²) in [6.07, 6.45) is 5.15. The van der Waals surface area contributed by atoms with Gasteiger partial charge in [0, 0.05) is 19.2 Å². The number of nitrogens with two attached hydrogens (primary N) is 1. The Morgan fingerprint density at radius 2 is 1.57 bits per heavy atom. The van der Waals surface area contributed by atoms with Crippen LogP contribution in [0, 0.1) is 5.41 Å². The second kappa shape index (κ2) is 16.8. The molecule has 11 nitrogen and oxygen atoms in total. The molecule has 11 heteroatoms. The monoisotopic (exact) mass is 696 g/mol. The van der Waals surface area contributed by atoms with Crippen LogP contribution in [0.25, 0.3) is 10.8 Å². The topological polar surface area (TPSA) is 157 Å². The van der Waals surface area contributed by atoms with Gasteiger partial charge in [0.1, 0.15) is 5.54 Å². The number of hydrogen-bond donors (Lipinski definition) is 4. The Balaban J connectivity index is 1.47. The van der Waals surface area contributed by atoms with E-state index in [4.69, 9.17) is 10.5 Å². The molecule has 0 aliphatic carbocycles. The summed E-state index contributed by atoms with van der Waals surface area (Å²) >= 11 is 0. The minimum Gasteiger partial charge on any atom is -0.466 e. The number of rotatable bonds is 16. The number of nitrogens with zero attached hydrogens (tertiary/aromatic N) is 2. The highest BCUT2D eigenvalue weighted by molar-refractivity contribution is 6.01. The molecule has 0 saturated heterocycles. The Morgan fingerprint density at radius 3 is 2.25 bits per heavy atom. The minimum atomic E-state index is -1.81. The third-order valence-electron chi connectivity index (χ3n) is 8.63. The molecule has 3 aromatic carbocycles. The number of aromatic nitrogens is 2. The van der Waals surface area contributed by atoms with E-state index >= 15 is 0 Å². The fourth-order valence-electron chi connectivity index (χ4n) is 5.88. The molecule has 1 heterocycles. The van der Waals surface area contributed by atoms with Crippen LogP contribution in [-0.4, -0.2) is 51.1 Å². The van der Waals surface area contributed by atoms with Crippen LogP contribution < -0.4 is 21.7 Å². The summed E-state index contributed by atoms with van der Waals surface area (Å²) in [7, 11) is 0. The number of benzene rings is 3. The van der Waals surface area contributed by atoms with Gasteiger partial charge in [0.25, 0.3) is 5.91 Å². The van der Waals surface area contributed by atoms with Crippen LogP contribution in [0.5, 0.6) is 0 Å². The van der Waals surface area contributed by atoms with E-state index in [1.54, 1.807) is 37.9 Å². The first kappa shape index (κ1) is 38.8. The van der Waals surface area contributed by atoms with E-state index in [0.717, 1.165) is 21.9 Å². The van der Waals surface area contributed by atoms with Crippen molar-refractivity contribution in [3.05, 3.63) is 96.4 Å². The number of esters is 1. The highest BCUT2D eigenvalue weighted by Crippen LogP contribution is 2.27. The summed E-state index contributed by atoms with van der Waals surface area (Å²) < 4.78 is 7.20. The van der Waals surface area contributed by atoms with Crippen LogP contribution in [0.4, 0.5) is 5.82 Å². The largest absolute Gasteiger partial charge is 0.466 e. The molecule has 272 valence electrons. The molecule has 0 fully saturated rings. The molecule has 3 amide bonds. The lowest BCUT2D eigenvalue weighted by Gasteiger charge is -2.34. The van der Waals surface area contributed by atoms with Crippen molar-refractivity contribution in [2.75, 3.05) is 11.9 Å². The summed E-state index contributed by atoms with van der Waals surface area (Å²) in [5, 5.41) is 10.4. The highest BCUT2D eigenvalue weighted by atomic mass is 16.5. The standard InChI is InChI=1S/C40H52N6O5/c1-7-51-35(48)32(31-20-19-29-17-11-12-18-30(29)24-31)21-23-46-26-33(42-27-46)43-37(50)40(41,22-13-16-28-14-9-8-10-15-28)45-36(49)39(5,6)44-34(47)25-38(2,3)4/h8-12,14-15,17-20,24,26-27,32H,7,13,16,21-23,25,41H2,1-6H3,(H,43,50)(H,44,47)(H,45,49)/t32?,40-/m1/s1. The maximum atomic E-state index is 13.8. The zero-order valence-corrected chi connectivity index (χ0v) is 30.6. The summed E-state index contributed by atoms with van der Waals surface area (Å²) in [4.78, 5) is 57.5. The predicted octanol–water partition coefficient (Wildman–Crippen LogP) is 5.84. The zero-order chi connectivity index (χ0) is 37.2. The van der Waals surface area contributed by atoms with Crippen molar-refractivity contribution in [3.8, 4) is 0 Å². The van der Waals surface area contributed by atoms with Gasteiger partial charge in [-0.15, -0.1) is 0 Å². The number of nitrogens with one attached hydrogen (secondary N) is 3. The molecule has 5 N–H and O–H groups in total. The molecule has 4 rings (SSSR count). The summed E-state index contributed by atoms with van der Waals surface area (Å²) in [5.41, 5.74) is 5.22. The van der Waals surface area contributed by atoms with Gasteiger partial charge >= 0.3 is 5.97 Å². The smallest absolute Gasteiger partial charge is 0.313 e. The van der Waals surface area contributed by atoms with E-state index in [-0.39, 0.29) is 42.6 Å². The number of carbonyl (C=O) groups excluding carboxylic acids is 4. The first-order valence-corrected chi connectivity index (χ1v) is 17.5. The van der Waals surface area contributed by atoms with Crippen LogP contribution in [0.1, 0.15) is 84.3 Å². The number of amides is 3. The van der Waals surface area contributed by atoms with Gasteiger partial charge in [-0.3, -0.25) is 19.2 Å². The van der Waals surface area contributed by atoms with E-state index in [9.17, 15) is 19.2 Å². The molecular formula is C40H52N6O5. The molecule has 0 saturated carbocycles. The molecule has 0 spiro atoms. The van der Waals surface area contributed by atoms with Crippen molar-refractivity contribution >= 4 is 40.3 Å². The second-order valence-corrected chi connectivity index (χ2v) is 14.8. The normalized spacial score (nSPS) is 13.5. The van der Waals surface area contributed by atoms with E-state index in [0.29, 0.717) is 25.8 Å². The number of carbonyl (C=O) groups is 4. The van der Waals surface area contributed by atoms with E-state index in [1.807, 2.05) is 93.6 Å². The predicted molar refractivity (Wildman–Crippen MR) is 200 cm³/mol. The number of imidazole rings is 1. The molecule has 4 aromatic rings. The van der Waals surface area contributed by atoms with Crippen LogP contribution in [0.2, 0.25) is 0 Å². The van der Waals surface area contributed by atoms with Gasteiger partial charge in [-0.05, 0) is 73.8 Å². The van der Waals surface area contributed by atoms with E-state index < -0.39 is 28.9 Å². The maximum absolute atomic E-state index is 13.8. The molecule has 0 bridgehead atoms. The third kappa shape index (κ3) is 11.2. The first-order chi connectivity index (χ1) is 24.1. The Morgan fingerprint density at radius 1 is 0.882 bits per heavy atom. The second-order valence-electron chi connectivity index (χ2n) is 14.8. The van der Waals surface area contributed by atoms with E-state index in [2.05, 4.69) is 20.9 Å². The van der Waals surface area contributed by atoms with Crippen molar-refractivity contribution in [2.45, 2.75) is 97.3 Å². The lowest BCUT2D eigenvalue weighted by Crippen LogP contribution is -2.68. The van der Waals surface area contributed by atoms with Crippen molar-refractivity contribution in [2.24, 2.45) is 11.1 Å². The van der Waals surface area contributed by atoms with Crippen LogP contribution in [-0.2, 0) is 36.9 Å². The number of aryl methyl sites for hydroxylation is 2. The van der Waals surface area contributed by atoms with Gasteiger partial charge in [0.15, 0.2) is 11.5 Å². The molecule has 0 aliphatic rings. The number of hydrogen-bond acceptors (Lipinski definition) is 7. The van der Waals surface area contributed by atoms with E-state index in [1.165, 1.54) is 0 Å². The lowest BCUT2D eigenvalue weighted by molar-refractivity contribution is -0.145. The number of fused-ring (bicyclic) bond motifs is 1. The maximum Gasteiger partial charge on any atom is 0.313 e. The van der Waals surface area contributed by atoms with Crippen molar-refractivity contribution in [1.82, 2.24) is 20.2 Å². The molecule has 1 aromatic heterocycles. The van der Waals surface area contributed by atoms with Gasteiger partial charge in [-0.2, -0.15) is 0 Å². The fraction of sp³-hybridized carbons (Fsp3) is 0.425. The first-order valence-electron chi connectivity index (χ1n) is 17.5. The average molecular weight is 697 g/mol. The number of ether oxygens (including phenoxy) is 1. The Bertz CT molecular complexity index is 1810. The molecule has 0 aliphatic heterocycles. The highest BCUT2D eigenvalue weighted by Gasteiger charge is 2.41. The van der Waals surface area contributed by atoms with Crippen LogP contribution >= 0.6 is 0 Å². The Hall–Kier alpha value is -5.03. The molecule has 1 unspecified atom stereocenters. The van der Waals surface area contributed by atoms with Gasteiger partial charge < -0.3 is 31.0 Å². The van der Waals surface area contributed by atoms with Gasteiger partial charge in [0.05, 0.1) is 18.9 Å². The Labute approximate surface area is 300 Å². The minimum absolute atomic E-state index is 0.124. The lowest BCUT2D eigenvalue weighted by atomic mass is 9.91. The summed E-state index contributed by atoms with van der Waals surface area (Å²) in [6.45, 7) is 11.4. The van der Waals surface area contributed by atoms with Gasteiger partial charge in [-0.25, -0.2) is 4.98 Å². The van der Waals surface area contributed by atoms with Gasteiger partial charge in [0.2, 0.25) is 11.8 Å². The van der Waals surface area contributed by atoms with Crippen LogP contribution in [0.3, 0.4) is 0 Å². The number of anilines is 1. The molecule has 2 atom stereocenters. The van der Waals surface area contributed by atoms with Crippen LogP contribution in [0.15, 0.2) is 85.3 Å². The van der Waals surface area contributed by atoms with Crippen molar-refractivity contribution in [3.63, 3.8) is 0 Å². The quantitative estimate of drug-likeness (QED) is 0.0847. The summed E-state index contributed by atoms with van der Waals surface area (Å²) in [5.74, 6) is -2.09. The molecular weight excluding hydrogens is 644 g/mol. The van der Waals surface area contributed by atoms with Crippen molar-refractivity contribution in [1.29, 1.82) is 0 Å². The fourth-order valence-corrected chi connectivity index (χ4v) is 5.88. The Kier molecular flexibility index (Phi) is 12.8. The molecule has 0 radical (unpaired) electrons.